The first kappa shape index (κ1) is 20.2. The summed E-state index contributed by atoms with van der Waals surface area (Å²) < 4.78 is 20.3. The number of benzene rings is 2. The summed E-state index contributed by atoms with van der Waals surface area (Å²) in [6, 6.07) is 17.6. The van der Waals surface area contributed by atoms with Crippen molar-refractivity contribution in [2.75, 3.05) is 20.2 Å². The minimum atomic E-state index is -0.347. The molecule has 2 aromatic heterocycles. The standard InChI is InChI=1S/C25H23FN4O2/c1-32-22-6-2-4-18(14-22)19-9-12-23-27-24(28-30(23)16-19)20-5-3-13-29(15-20)25(31)17-7-10-21(26)11-8-17/h2,4,6-12,14,16,20H,3,5,13,15H2,1H3/t20-/m1/s1. The number of methoxy groups -OCH3 is 1. The number of amides is 1. The highest BCUT2D eigenvalue weighted by atomic mass is 19.1. The Morgan fingerprint density at radius 1 is 1.09 bits per heavy atom. The molecule has 0 radical (unpaired) electrons. The molecule has 0 N–H and O–H groups in total. The molecule has 162 valence electrons. The molecule has 0 aliphatic carbocycles. The molecule has 0 spiro atoms. The zero-order chi connectivity index (χ0) is 22.1. The summed E-state index contributed by atoms with van der Waals surface area (Å²) in [6.45, 7) is 1.23. The van der Waals surface area contributed by atoms with Crippen molar-refractivity contribution in [2.24, 2.45) is 0 Å². The van der Waals surface area contributed by atoms with Gasteiger partial charge in [-0.2, -0.15) is 5.10 Å². The van der Waals surface area contributed by atoms with Crippen LogP contribution < -0.4 is 4.74 Å². The molecular formula is C25H23FN4O2. The Bertz CT molecular complexity index is 1270. The normalized spacial score (nSPS) is 16.3. The Hall–Kier alpha value is -3.74. The van der Waals surface area contributed by atoms with Crippen molar-refractivity contribution in [2.45, 2.75) is 18.8 Å². The number of nitrogens with zero attached hydrogens (tertiary/aromatic N) is 4. The summed E-state index contributed by atoms with van der Waals surface area (Å²) >= 11 is 0. The summed E-state index contributed by atoms with van der Waals surface area (Å²) in [4.78, 5) is 19.4. The molecule has 4 aromatic rings. The second kappa shape index (κ2) is 8.42. The lowest BCUT2D eigenvalue weighted by molar-refractivity contribution is 0.0704. The predicted octanol–water partition coefficient (Wildman–Crippen LogP) is 4.56. The molecule has 0 saturated carbocycles. The van der Waals surface area contributed by atoms with Crippen molar-refractivity contribution in [1.29, 1.82) is 0 Å². The van der Waals surface area contributed by atoms with E-state index in [4.69, 9.17) is 14.8 Å². The maximum absolute atomic E-state index is 13.2. The average molecular weight is 430 g/mol. The van der Waals surface area contributed by atoms with Gasteiger partial charge in [-0.05, 0) is 66.9 Å². The number of carbonyl (C=O) groups excluding carboxylic acids is 1. The fourth-order valence-corrected chi connectivity index (χ4v) is 4.19. The van der Waals surface area contributed by atoms with Gasteiger partial charge in [-0.25, -0.2) is 13.9 Å². The van der Waals surface area contributed by atoms with Crippen LogP contribution >= 0.6 is 0 Å². The van der Waals surface area contributed by atoms with E-state index in [1.165, 1.54) is 24.3 Å². The SMILES string of the molecule is COc1cccc(-c2ccc3nc([C@@H]4CCCN(C(=O)c5ccc(F)cc5)C4)nn3c2)c1. The number of piperidine rings is 1. The summed E-state index contributed by atoms with van der Waals surface area (Å²) in [6.07, 6.45) is 3.76. The summed E-state index contributed by atoms with van der Waals surface area (Å²) in [7, 11) is 1.65. The van der Waals surface area contributed by atoms with Crippen LogP contribution in [0.25, 0.3) is 16.8 Å². The Labute approximate surface area is 185 Å². The van der Waals surface area contributed by atoms with E-state index in [1.807, 2.05) is 47.5 Å². The minimum absolute atomic E-state index is 0.0633. The second-order valence-corrected chi connectivity index (χ2v) is 8.02. The van der Waals surface area contributed by atoms with Gasteiger partial charge in [0, 0.05) is 36.3 Å². The number of carbonyl (C=O) groups is 1. The maximum Gasteiger partial charge on any atom is 0.253 e. The van der Waals surface area contributed by atoms with Gasteiger partial charge < -0.3 is 9.64 Å². The van der Waals surface area contributed by atoms with Gasteiger partial charge in [-0.1, -0.05) is 12.1 Å². The number of halogens is 1. The maximum atomic E-state index is 13.2. The topological polar surface area (TPSA) is 59.7 Å². The lowest BCUT2D eigenvalue weighted by Crippen LogP contribution is -2.39. The van der Waals surface area contributed by atoms with Crippen LogP contribution in [0.1, 0.15) is 34.9 Å². The van der Waals surface area contributed by atoms with Gasteiger partial charge in [0.2, 0.25) is 0 Å². The van der Waals surface area contributed by atoms with E-state index in [1.54, 1.807) is 11.6 Å². The van der Waals surface area contributed by atoms with E-state index in [2.05, 4.69) is 0 Å². The lowest BCUT2D eigenvalue weighted by Gasteiger charge is -2.31. The van der Waals surface area contributed by atoms with Gasteiger partial charge in [-0.3, -0.25) is 4.79 Å². The highest BCUT2D eigenvalue weighted by Crippen LogP contribution is 2.28. The first-order chi connectivity index (χ1) is 15.6. The van der Waals surface area contributed by atoms with Gasteiger partial charge in [0.05, 0.1) is 7.11 Å². The quantitative estimate of drug-likeness (QED) is 0.476. The molecule has 1 fully saturated rings. The number of fused-ring (bicyclic) bond motifs is 1. The number of hydrogen-bond acceptors (Lipinski definition) is 4. The predicted molar refractivity (Wildman–Crippen MR) is 119 cm³/mol. The Morgan fingerprint density at radius 3 is 2.75 bits per heavy atom. The van der Waals surface area contributed by atoms with E-state index in [9.17, 15) is 9.18 Å². The van der Waals surface area contributed by atoms with Crippen molar-refractivity contribution in [3.63, 3.8) is 0 Å². The van der Waals surface area contributed by atoms with Crippen LogP contribution in [-0.4, -0.2) is 45.6 Å². The lowest BCUT2D eigenvalue weighted by atomic mass is 9.96. The summed E-state index contributed by atoms with van der Waals surface area (Å²) in [5, 5.41) is 4.73. The molecule has 3 heterocycles. The highest BCUT2D eigenvalue weighted by Gasteiger charge is 2.28. The molecule has 2 aromatic carbocycles. The van der Waals surface area contributed by atoms with Gasteiger partial charge in [-0.15, -0.1) is 0 Å². The number of rotatable bonds is 4. The fourth-order valence-electron chi connectivity index (χ4n) is 4.19. The largest absolute Gasteiger partial charge is 0.497 e. The third-order valence-electron chi connectivity index (χ3n) is 5.92. The van der Waals surface area contributed by atoms with Crippen molar-refractivity contribution in [3.05, 3.63) is 84.1 Å². The minimum Gasteiger partial charge on any atom is -0.497 e. The van der Waals surface area contributed by atoms with Gasteiger partial charge in [0.25, 0.3) is 5.91 Å². The first-order valence-corrected chi connectivity index (χ1v) is 10.7. The van der Waals surface area contributed by atoms with Crippen LogP contribution in [0.5, 0.6) is 5.75 Å². The first-order valence-electron chi connectivity index (χ1n) is 10.7. The van der Waals surface area contributed by atoms with Crippen molar-refractivity contribution < 1.29 is 13.9 Å². The zero-order valence-electron chi connectivity index (χ0n) is 17.7. The number of hydrogen-bond donors (Lipinski definition) is 0. The molecule has 1 amide bonds. The van der Waals surface area contributed by atoms with Crippen LogP contribution in [0.3, 0.4) is 0 Å². The van der Waals surface area contributed by atoms with Crippen LogP contribution in [-0.2, 0) is 0 Å². The Morgan fingerprint density at radius 2 is 1.94 bits per heavy atom. The van der Waals surface area contributed by atoms with E-state index >= 15 is 0 Å². The molecule has 1 aliphatic heterocycles. The van der Waals surface area contributed by atoms with E-state index in [0.29, 0.717) is 18.7 Å². The van der Waals surface area contributed by atoms with Crippen LogP contribution in [0, 0.1) is 5.82 Å². The molecule has 6 nitrogen and oxygen atoms in total. The zero-order valence-corrected chi connectivity index (χ0v) is 17.7. The molecular weight excluding hydrogens is 407 g/mol. The Balaban J connectivity index is 1.38. The second-order valence-electron chi connectivity index (χ2n) is 8.02. The van der Waals surface area contributed by atoms with Gasteiger partial charge in [0.1, 0.15) is 11.6 Å². The molecule has 1 saturated heterocycles. The highest BCUT2D eigenvalue weighted by molar-refractivity contribution is 5.94. The van der Waals surface area contributed by atoms with Crippen molar-refractivity contribution >= 4 is 11.6 Å². The Kier molecular flexibility index (Phi) is 5.31. The van der Waals surface area contributed by atoms with Crippen LogP contribution in [0.15, 0.2) is 66.9 Å². The molecule has 5 rings (SSSR count). The van der Waals surface area contributed by atoms with Gasteiger partial charge >= 0.3 is 0 Å². The average Bonchev–Trinajstić information content (AvgIpc) is 3.28. The number of likely N-dealkylation sites (tertiary alicyclic amines) is 1. The van der Waals surface area contributed by atoms with Crippen LogP contribution in [0.2, 0.25) is 0 Å². The van der Waals surface area contributed by atoms with E-state index in [0.717, 1.165) is 41.2 Å². The smallest absolute Gasteiger partial charge is 0.253 e. The number of ether oxygens (including phenoxy) is 1. The van der Waals surface area contributed by atoms with E-state index < -0.39 is 0 Å². The van der Waals surface area contributed by atoms with Crippen molar-refractivity contribution in [1.82, 2.24) is 19.5 Å². The van der Waals surface area contributed by atoms with Crippen molar-refractivity contribution in [3.8, 4) is 16.9 Å². The third-order valence-corrected chi connectivity index (χ3v) is 5.92. The third kappa shape index (κ3) is 3.93. The molecule has 0 unspecified atom stereocenters. The fraction of sp³-hybridized carbons (Fsp3) is 0.240. The summed E-state index contributed by atoms with van der Waals surface area (Å²) in [5.74, 6) is 1.17. The number of aromatic nitrogens is 3. The van der Waals surface area contributed by atoms with Crippen LogP contribution in [0.4, 0.5) is 4.39 Å². The molecule has 1 aliphatic rings. The summed E-state index contributed by atoms with van der Waals surface area (Å²) in [5.41, 5.74) is 3.33. The molecule has 7 heteroatoms. The molecule has 1 atom stereocenters. The van der Waals surface area contributed by atoms with Gasteiger partial charge in [0.15, 0.2) is 11.5 Å². The number of pyridine rings is 1. The molecule has 32 heavy (non-hydrogen) atoms. The molecule has 0 bridgehead atoms. The van der Waals surface area contributed by atoms with E-state index in [-0.39, 0.29) is 17.6 Å². The monoisotopic (exact) mass is 430 g/mol.